The number of carboxylic acids is 1. The molecule has 0 amide bonds. The number of carboxylic acid groups (broad SMARTS) is 1. The summed E-state index contributed by atoms with van der Waals surface area (Å²) in [4.78, 5) is 14.0. The lowest BCUT2D eigenvalue weighted by Gasteiger charge is -2.19. The molecule has 2 aromatic carbocycles. The molecule has 152 valence electrons. The molecule has 1 heterocycles. The maximum absolute atomic E-state index is 12.0. The van der Waals surface area contributed by atoms with Gasteiger partial charge in [-0.05, 0) is 36.8 Å². The molecule has 0 saturated carbocycles. The molecule has 1 aliphatic carbocycles. The van der Waals surface area contributed by atoms with E-state index in [4.69, 9.17) is 4.42 Å². The first kappa shape index (κ1) is 19.7. The molecule has 0 aromatic heterocycles. The summed E-state index contributed by atoms with van der Waals surface area (Å²) in [6.45, 7) is 2.06. The van der Waals surface area contributed by atoms with Crippen LogP contribution in [0.25, 0.3) is 33.4 Å². The molecule has 0 bridgehead atoms. The minimum Gasteiger partial charge on any atom is -0.478 e. The van der Waals surface area contributed by atoms with Crippen LogP contribution in [0.2, 0.25) is 0 Å². The van der Waals surface area contributed by atoms with Crippen molar-refractivity contribution in [2.75, 3.05) is 33.1 Å². The molecule has 0 saturated heterocycles. The van der Waals surface area contributed by atoms with Gasteiger partial charge in [0.2, 0.25) is 5.36 Å². The van der Waals surface area contributed by atoms with E-state index in [0.717, 1.165) is 44.5 Å². The zero-order valence-electron chi connectivity index (χ0n) is 17.9. The lowest BCUT2D eigenvalue weighted by molar-refractivity contribution is 0.0697. The van der Waals surface area contributed by atoms with Crippen LogP contribution in [0.1, 0.15) is 15.9 Å². The summed E-state index contributed by atoms with van der Waals surface area (Å²) in [5.74, 6) is -0.220. The Morgan fingerprint density at radius 1 is 1.00 bits per heavy atom. The van der Waals surface area contributed by atoms with Gasteiger partial charge >= 0.3 is 5.97 Å². The van der Waals surface area contributed by atoms with E-state index in [1.165, 1.54) is 0 Å². The highest BCUT2D eigenvalue weighted by Gasteiger charge is 2.23. The molecule has 5 nitrogen and oxygen atoms in total. The number of benzene rings is 3. The third kappa shape index (κ3) is 3.22. The highest BCUT2D eigenvalue weighted by Crippen LogP contribution is 2.42. The molecule has 30 heavy (non-hydrogen) atoms. The van der Waals surface area contributed by atoms with Crippen molar-refractivity contribution in [3.8, 4) is 22.5 Å². The summed E-state index contributed by atoms with van der Waals surface area (Å²) in [5.41, 5.74) is 5.57. The molecular weight excluding hydrogens is 376 g/mol. The van der Waals surface area contributed by atoms with Crippen LogP contribution in [0.4, 0.5) is 5.69 Å². The molecule has 1 aliphatic heterocycles. The molecule has 1 N–H and O–H groups in total. The maximum atomic E-state index is 12.0. The van der Waals surface area contributed by atoms with Crippen molar-refractivity contribution in [1.29, 1.82) is 0 Å². The number of carbonyl (C=O) groups is 1. The maximum Gasteiger partial charge on any atom is 0.336 e. The summed E-state index contributed by atoms with van der Waals surface area (Å²) < 4.78 is 8.40. The van der Waals surface area contributed by atoms with Crippen molar-refractivity contribution >= 4 is 22.6 Å². The fraction of sp³-hybridized carbons (Fsp3) is 0.200. The Bertz CT molecular complexity index is 1330. The standard InChI is InChI=1S/C25H24N2O3/c1-15-12-20-23(14-21(15)27(4)5)30-22-13-16(26(2)3)10-11-19(22)24(20)17-8-6-7-9-18(17)25(28)29/h6-14H,1-5H3/p+1. The number of nitrogens with zero attached hydrogens (tertiary/aromatic N) is 2. The minimum atomic E-state index is -0.945. The SMILES string of the molecule is Cc1cc2c(-c3ccccc3C(=O)O)c3ccc(N(C)C)cc3oc-2cc1=[N+](C)C. The first-order valence-corrected chi connectivity index (χ1v) is 9.79. The topological polar surface area (TPSA) is 56.7 Å². The van der Waals surface area contributed by atoms with Crippen LogP contribution in [0.15, 0.2) is 59.0 Å². The van der Waals surface area contributed by atoms with Crippen LogP contribution in [0, 0.1) is 6.92 Å². The zero-order chi connectivity index (χ0) is 21.6. The van der Waals surface area contributed by atoms with E-state index in [9.17, 15) is 9.90 Å². The van der Waals surface area contributed by atoms with Gasteiger partial charge in [0, 0.05) is 47.9 Å². The highest BCUT2D eigenvalue weighted by atomic mass is 16.4. The van der Waals surface area contributed by atoms with Crippen molar-refractivity contribution in [2.24, 2.45) is 0 Å². The largest absolute Gasteiger partial charge is 0.478 e. The third-order valence-corrected chi connectivity index (χ3v) is 5.45. The van der Waals surface area contributed by atoms with E-state index >= 15 is 0 Å². The second-order valence-electron chi connectivity index (χ2n) is 7.93. The quantitative estimate of drug-likeness (QED) is 0.411. The smallest absolute Gasteiger partial charge is 0.336 e. The van der Waals surface area contributed by atoms with E-state index in [1.54, 1.807) is 12.1 Å². The Morgan fingerprint density at radius 3 is 2.40 bits per heavy atom. The van der Waals surface area contributed by atoms with Gasteiger partial charge < -0.3 is 14.4 Å². The van der Waals surface area contributed by atoms with E-state index in [1.807, 2.05) is 69.5 Å². The lowest BCUT2D eigenvalue weighted by atomic mass is 9.90. The number of aryl methyl sites for hydroxylation is 1. The number of aromatic carboxylic acids is 1. The fourth-order valence-electron chi connectivity index (χ4n) is 3.96. The van der Waals surface area contributed by atoms with Crippen LogP contribution in [-0.2, 0) is 0 Å². The van der Waals surface area contributed by atoms with Gasteiger partial charge in [0.1, 0.15) is 25.4 Å². The molecule has 0 spiro atoms. The predicted molar refractivity (Wildman–Crippen MR) is 121 cm³/mol. The van der Waals surface area contributed by atoms with Gasteiger partial charge in [-0.25, -0.2) is 9.37 Å². The van der Waals surface area contributed by atoms with Crippen LogP contribution < -0.4 is 14.8 Å². The lowest BCUT2D eigenvalue weighted by Crippen LogP contribution is -2.24. The molecule has 2 aliphatic rings. The van der Waals surface area contributed by atoms with E-state index in [-0.39, 0.29) is 5.56 Å². The zero-order valence-corrected chi connectivity index (χ0v) is 17.9. The number of fused-ring (bicyclic) bond motifs is 2. The summed E-state index contributed by atoms with van der Waals surface area (Å²) in [6.07, 6.45) is 0. The summed E-state index contributed by atoms with van der Waals surface area (Å²) >= 11 is 0. The van der Waals surface area contributed by atoms with Crippen LogP contribution in [-0.4, -0.2) is 39.3 Å². The Balaban J connectivity index is 2.22. The Hall–Kier alpha value is -3.60. The van der Waals surface area contributed by atoms with Gasteiger partial charge in [-0.1, -0.05) is 18.2 Å². The molecule has 0 fully saturated rings. The normalized spacial score (nSPS) is 11.1. The molecule has 2 aromatic rings. The first-order valence-electron chi connectivity index (χ1n) is 9.79. The van der Waals surface area contributed by atoms with Gasteiger partial charge in [-0.3, -0.25) is 0 Å². The van der Waals surface area contributed by atoms with Gasteiger partial charge in [0.15, 0.2) is 0 Å². The summed E-state index contributed by atoms with van der Waals surface area (Å²) in [7, 11) is 7.97. The van der Waals surface area contributed by atoms with Crippen molar-refractivity contribution < 1.29 is 14.3 Å². The second-order valence-corrected chi connectivity index (χ2v) is 7.93. The van der Waals surface area contributed by atoms with Crippen LogP contribution in [0.5, 0.6) is 0 Å². The Labute approximate surface area is 175 Å². The number of hydrogen-bond donors (Lipinski definition) is 1. The average molecular weight is 401 g/mol. The van der Waals surface area contributed by atoms with Gasteiger partial charge in [-0.2, -0.15) is 0 Å². The third-order valence-electron chi connectivity index (χ3n) is 5.45. The van der Waals surface area contributed by atoms with E-state index in [0.29, 0.717) is 5.56 Å². The van der Waals surface area contributed by atoms with Crippen LogP contribution >= 0.6 is 0 Å². The molecule has 0 unspecified atom stereocenters. The Morgan fingerprint density at radius 2 is 1.73 bits per heavy atom. The number of hydrogen-bond acceptors (Lipinski definition) is 3. The number of anilines is 1. The monoisotopic (exact) mass is 401 g/mol. The first-order chi connectivity index (χ1) is 14.3. The molecule has 5 heteroatoms. The van der Waals surface area contributed by atoms with Crippen molar-refractivity contribution in [3.63, 3.8) is 0 Å². The fourth-order valence-corrected chi connectivity index (χ4v) is 3.96. The van der Waals surface area contributed by atoms with Crippen molar-refractivity contribution in [2.45, 2.75) is 6.92 Å². The molecule has 0 atom stereocenters. The van der Waals surface area contributed by atoms with Gasteiger partial charge in [0.05, 0.1) is 11.6 Å². The van der Waals surface area contributed by atoms with E-state index < -0.39 is 5.97 Å². The number of rotatable bonds is 3. The molecular formula is C25H25N2O3+. The van der Waals surface area contributed by atoms with Crippen molar-refractivity contribution in [3.05, 3.63) is 71.1 Å². The second kappa shape index (κ2) is 7.34. The average Bonchev–Trinajstić information content (AvgIpc) is 2.71. The van der Waals surface area contributed by atoms with Crippen LogP contribution in [0.3, 0.4) is 0 Å². The predicted octanol–water partition coefficient (Wildman–Crippen LogP) is 4.31. The highest BCUT2D eigenvalue weighted by molar-refractivity contribution is 6.07. The summed E-state index contributed by atoms with van der Waals surface area (Å²) in [6, 6.07) is 17.3. The van der Waals surface area contributed by atoms with Gasteiger partial charge in [0.25, 0.3) is 0 Å². The van der Waals surface area contributed by atoms with Crippen molar-refractivity contribution in [1.82, 2.24) is 4.58 Å². The summed E-state index contributed by atoms with van der Waals surface area (Å²) in [5, 5.41) is 11.8. The molecule has 0 radical (unpaired) electrons. The van der Waals surface area contributed by atoms with E-state index in [2.05, 4.69) is 17.6 Å². The Kier molecular flexibility index (Phi) is 4.82. The van der Waals surface area contributed by atoms with Gasteiger partial charge in [-0.15, -0.1) is 0 Å². The molecule has 4 rings (SSSR count). The minimum absolute atomic E-state index is 0.275.